The fourth-order valence-electron chi connectivity index (χ4n) is 0.877. The predicted octanol–water partition coefficient (Wildman–Crippen LogP) is 2.06. The number of hydrogen-bond donors (Lipinski definition) is 0. The second-order valence-electron chi connectivity index (χ2n) is 4.77. The molecule has 0 radical (unpaired) electrons. The summed E-state index contributed by atoms with van der Waals surface area (Å²) in [5.74, 6) is -1.57. The number of hydrogen-bond acceptors (Lipinski definition) is 5. The number of ether oxygens (including phenoxy) is 1. The van der Waals surface area contributed by atoms with Crippen molar-refractivity contribution in [2.45, 2.75) is 34.6 Å². The van der Waals surface area contributed by atoms with Crippen molar-refractivity contribution in [1.82, 2.24) is 0 Å². The van der Waals surface area contributed by atoms with Gasteiger partial charge >= 0.3 is 5.97 Å². The van der Waals surface area contributed by atoms with Crippen LogP contribution in [0.5, 0.6) is 0 Å². The van der Waals surface area contributed by atoms with Crippen LogP contribution in [0.15, 0.2) is 0 Å². The third-order valence-electron chi connectivity index (χ3n) is 2.08. The second-order valence-corrected chi connectivity index (χ2v) is 5.71. The zero-order chi connectivity index (χ0) is 13.6. The molecule has 0 N–H and O–H groups in total. The quantitative estimate of drug-likeness (QED) is 0.559. The predicted molar refractivity (Wildman–Crippen MR) is 67.7 cm³/mol. The van der Waals surface area contributed by atoms with Gasteiger partial charge in [-0.05, 0) is 13.8 Å². The van der Waals surface area contributed by atoms with E-state index in [0.29, 0.717) is 0 Å². The molecule has 1 unspecified atom stereocenters. The smallest absolute Gasteiger partial charge is 0.316 e. The topological polar surface area (TPSA) is 60.4 Å². The summed E-state index contributed by atoms with van der Waals surface area (Å²) in [6, 6.07) is 0. The lowest BCUT2D eigenvalue weighted by Crippen LogP contribution is -2.26. The minimum Gasteiger partial charge on any atom is -0.465 e. The Kier molecular flexibility index (Phi) is 6.45. The number of carbonyl (C=O) groups is 3. The van der Waals surface area contributed by atoms with Gasteiger partial charge in [-0.25, -0.2) is 0 Å². The maximum Gasteiger partial charge on any atom is 0.316 e. The van der Waals surface area contributed by atoms with Gasteiger partial charge in [0, 0.05) is 5.41 Å². The molecule has 0 spiro atoms. The Labute approximate surface area is 106 Å². The molecular weight excluding hydrogens is 240 g/mol. The Morgan fingerprint density at radius 1 is 1.24 bits per heavy atom. The van der Waals surface area contributed by atoms with Crippen LogP contribution in [0.1, 0.15) is 34.6 Å². The summed E-state index contributed by atoms with van der Waals surface area (Å²) in [6.45, 7) is 8.82. The maximum atomic E-state index is 11.6. The van der Waals surface area contributed by atoms with Gasteiger partial charge in [0.25, 0.3) is 0 Å². The van der Waals surface area contributed by atoms with Gasteiger partial charge in [-0.15, -0.1) is 0 Å². The van der Waals surface area contributed by atoms with Crippen LogP contribution in [-0.4, -0.2) is 29.2 Å². The van der Waals surface area contributed by atoms with Crippen molar-refractivity contribution in [2.24, 2.45) is 11.3 Å². The molecule has 0 aliphatic carbocycles. The molecule has 0 saturated heterocycles. The van der Waals surface area contributed by atoms with Crippen LogP contribution in [-0.2, 0) is 19.1 Å². The molecule has 5 heteroatoms. The molecule has 0 rings (SSSR count). The number of Topliss-reactive ketones (excluding diaryl/α,β-unsaturated/α-hetero) is 1. The van der Waals surface area contributed by atoms with E-state index in [-0.39, 0.29) is 23.3 Å². The molecule has 17 heavy (non-hydrogen) atoms. The Hall–Kier alpha value is -0.840. The van der Waals surface area contributed by atoms with Crippen LogP contribution < -0.4 is 0 Å². The highest BCUT2D eigenvalue weighted by Crippen LogP contribution is 2.23. The van der Waals surface area contributed by atoms with Crippen molar-refractivity contribution in [3.8, 4) is 0 Å². The van der Waals surface area contributed by atoms with E-state index < -0.39 is 17.3 Å². The normalized spacial score (nSPS) is 13.0. The molecule has 0 saturated carbocycles. The molecule has 98 valence electrons. The van der Waals surface area contributed by atoms with Gasteiger partial charge in [-0.2, -0.15) is 0 Å². The Bertz CT molecular complexity index is 304. The van der Waals surface area contributed by atoms with Crippen LogP contribution in [0.2, 0.25) is 0 Å². The van der Waals surface area contributed by atoms with Crippen molar-refractivity contribution in [1.29, 1.82) is 0 Å². The van der Waals surface area contributed by atoms with Gasteiger partial charge in [-0.3, -0.25) is 14.4 Å². The lowest BCUT2D eigenvalue weighted by Gasteiger charge is -2.15. The first-order valence-electron chi connectivity index (χ1n) is 5.56. The number of ketones is 1. The first kappa shape index (κ1) is 16.2. The summed E-state index contributed by atoms with van der Waals surface area (Å²) >= 11 is 0.959. The molecule has 0 aromatic rings. The molecule has 4 nitrogen and oxygen atoms in total. The van der Waals surface area contributed by atoms with Crippen molar-refractivity contribution >= 4 is 28.6 Å². The van der Waals surface area contributed by atoms with E-state index in [0.717, 1.165) is 11.8 Å². The zero-order valence-electron chi connectivity index (χ0n) is 11.0. The van der Waals surface area contributed by atoms with E-state index in [1.807, 2.05) is 0 Å². The molecule has 0 bridgehead atoms. The molecule has 1 atom stereocenters. The van der Waals surface area contributed by atoms with Gasteiger partial charge in [0.1, 0.15) is 5.92 Å². The van der Waals surface area contributed by atoms with Crippen LogP contribution in [0.4, 0.5) is 0 Å². The summed E-state index contributed by atoms with van der Waals surface area (Å²) in [5, 5.41) is -0.0538. The minimum atomic E-state index is -0.796. The first-order valence-corrected chi connectivity index (χ1v) is 6.55. The Morgan fingerprint density at radius 3 is 2.18 bits per heavy atom. The Balaban J connectivity index is 4.19. The summed E-state index contributed by atoms with van der Waals surface area (Å²) in [6.07, 6.45) is 0. The largest absolute Gasteiger partial charge is 0.465 e. The van der Waals surface area contributed by atoms with Crippen LogP contribution in [0.25, 0.3) is 0 Å². The summed E-state index contributed by atoms with van der Waals surface area (Å²) in [7, 11) is 0. The fraction of sp³-hybridized carbons (Fsp3) is 0.750. The van der Waals surface area contributed by atoms with Gasteiger partial charge in [0.2, 0.25) is 0 Å². The average Bonchev–Trinajstić information content (AvgIpc) is 2.23. The molecule has 0 aliphatic rings. The lowest BCUT2D eigenvalue weighted by molar-refractivity contribution is -0.150. The van der Waals surface area contributed by atoms with E-state index in [1.54, 1.807) is 27.7 Å². The third kappa shape index (κ3) is 5.86. The SMILES string of the molecule is CCOC(=O)C(C)C(=O)CSC(=O)C(C)(C)C. The molecule has 0 aliphatic heterocycles. The van der Waals surface area contributed by atoms with Gasteiger partial charge < -0.3 is 4.74 Å². The van der Waals surface area contributed by atoms with Crippen molar-refractivity contribution in [2.75, 3.05) is 12.4 Å². The Morgan fingerprint density at radius 2 is 1.76 bits per heavy atom. The van der Waals surface area contributed by atoms with Crippen molar-refractivity contribution in [3.63, 3.8) is 0 Å². The zero-order valence-corrected chi connectivity index (χ0v) is 11.8. The number of esters is 1. The number of thioether (sulfide) groups is 1. The highest BCUT2D eigenvalue weighted by molar-refractivity contribution is 8.14. The number of rotatable bonds is 5. The van der Waals surface area contributed by atoms with Crippen molar-refractivity contribution in [3.05, 3.63) is 0 Å². The van der Waals surface area contributed by atoms with E-state index >= 15 is 0 Å². The maximum absolute atomic E-state index is 11.6. The van der Waals surface area contributed by atoms with Crippen molar-refractivity contribution < 1.29 is 19.1 Å². The first-order chi connectivity index (χ1) is 7.70. The summed E-state index contributed by atoms with van der Waals surface area (Å²) in [4.78, 5) is 34.5. The standard InChI is InChI=1S/C12H20O4S/c1-6-16-10(14)8(2)9(13)7-17-11(15)12(3,4)5/h8H,6-7H2,1-5H3. The molecule has 0 aromatic carbocycles. The van der Waals surface area contributed by atoms with Crippen LogP contribution in [0.3, 0.4) is 0 Å². The van der Waals surface area contributed by atoms with Crippen LogP contribution >= 0.6 is 11.8 Å². The van der Waals surface area contributed by atoms with Gasteiger partial charge in [0.15, 0.2) is 10.9 Å². The second kappa shape index (κ2) is 6.79. The number of carbonyl (C=O) groups excluding carboxylic acids is 3. The minimum absolute atomic E-state index is 0.0239. The monoisotopic (exact) mass is 260 g/mol. The average molecular weight is 260 g/mol. The molecule has 0 amide bonds. The molecule has 0 fully saturated rings. The highest BCUT2D eigenvalue weighted by atomic mass is 32.2. The third-order valence-corrected chi connectivity index (χ3v) is 3.38. The summed E-state index contributed by atoms with van der Waals surface area (Å²) in [5.41, 5.74) is -0.474. The molecular formula is C12H20O4S. The molecule has 0 heterocycles. The molecule has 0 aromatic heterocycles. The van der Waals surface area contributed by atoms with E-state index in [1.165, 1.54) is 6.92 Å². The van der Waals surface area contributed by atoms with Gasteiger partial charge in [-0.1, -0.05) is 32.5 Å². The highest BCUT2D eigenvalue weighted by Gasteiger charge is 2.26. The van der Waals surface area contributed by atoms with E-state index in [4.69, 9.17) is 4.74 Å². The van der Waals surface area contributed by atoms with E-state index in [9.17, 15) is 14.4 Å². The summed E-state index contributed by atoms with van der Waals surface area (Å²) < 4.78 is 4.74. The van der Waals surface area contributed by atoms with Crippen LogP contribution in [0, 0.1) is 11.3 Å². The van der Waals surface area contributed by atoms with Gasteiger partial charge in [0.05, 0.1) is 12.4 Å². The van der Waals surface area contributed by atoms with E-state index in [2.05, 4.69) is 0 Å². The fourth-order valence-corrected chi connectivity index (χ4v) is 1.83. The lowest BCUT2D eigenvalue weighted by atomic mass is 10.00.